The lowest BCUT2D eigenvalue weighted by Gasteiger charge is -2.24. The van der Waals surface area contributed by atoms with Crippen LogP contribution in [0.2, 0.25) is 0 Å². The number of carboxylic acids is 1. The van der Waals surface area contributed by atoms with Gasteiger partial charge in [0.15, 0.2) is 0 Å². The van der Waals surface area contributed by atoms with Crippen molar-refractivity contribution in [1.29, 1.82) is 0 Å². The van der Waals surface area contributed by atoms with Crippen LogP contribution in [0.4, 0.5) is 0 Å². The normalized spacial score (nSPS) is 14.1. The van der Waals surface area contributed by atoms with E-state index in [0.717, 1.165) is 0 Å². The molecular weight excluding hydrogens is 472 g/mol. The molecule has 1 rings (SSSR count). The van der Waals surface area contributed by atoms with Crippen LogP contribution >= 0.6 is 0 Å². The molecule has 198 valence electrons. The lowest BCUT2D eigenvalue weighted by molar-refractivity contribution is -0.142. The maximum atomic E-state index is 12.8. The van der Waals surface area contributed by atoms with Gasteiger partial charge >= 0.3 is 5.97 Å². The summed E-state index contributed by atoms with van der Waals surface area (Å²) in [5, 5.41) is 16.4. The zero-order chi connectivity index (χ0) is 27.4. The van der Waals surface area contributed by atoms with Crippen molar-refractivity contribution >= 4 is 35.5 Å². The molecule has 4 unspecified atom stereocenters. The number of rotatable bonds is 15. The van der Waals surface area contributed by atoms with E-state index in [1.54, 1.807) is 30.3 Å². The van der Waals surface area contributed by atoms with Gasteiger partial charge in [-0.2, -0.15) is 0 Å². The fourth-order valence-corrected chi connectivity index (χ4v) is 3.31. The summed E-state index contributed by atoms with van der Waals surface area (Å²) in [4.78, 5) is 72.7. The molecule has 4 atom stereocenters. The first-order valence-corrected chi connectivity index (χ1v) is 11.3. The van der Waals surface area contributed by atoms with Gasteiger partial charge in [0, 0.05) is 6.42 Å². The number of primary amides is 2. The highest BCUT2D eigenvalue weighted by Gasteiger charge is 2.32. The SMILES string of the molecule is CC(C)CC(N)C(=O)NC(CC(N)=O)C(=O)NC(CC(N)=O)C(=O)NC(Cc1ccccc1)C(=O)O. The summed E-state index contributed by atoms with van der Waals surface area (Å²) in [6, 6.07) is 3.08. The van der Waals surface area contributed by atoms with E-state index in [-0.39, 0.29) is 12.3 Å². The Kier molecular flexibility index (Phi) is 12.0. The second-order valence-corrected chi connectivity index (χ2v) is 8.79. The van der Waals surface area contributed by atoms with Crippen molar-refractivity contribution in [3.63, 3.8) is 0 Å². The molecule has 1 aromatic carbocycles. The number of nitrogens with two attached hydrogens (primary N) is 3. The molecule has 13 heteroatoms. The van der Waals surface area contributed by atoms with Crippen molar-refractivity contribution in [2.75, 3.05) is 0 Å². The number of carbonyl (C=O) groups is 6. The minimum Gasteiger partial charge on any atom is -0.480 e. The zero-order valence-corrected chi connectivity index (χ0v) is 20.2. The lowest BCUT2D eigenvalue weighted by Crippen LogP contribution is -2.58. The Morgan fingerprint density at radius 1 is 0.778 bits per heavy atom. The van der Waals surface area contributed by atoms with E-state index in [1.807, 2.05) is 13.8 Å². The van der Waals surface area contributed by atoms with Crippen LogP contribution in [-0.4, -0.2) is 64.8 Å². The number of carboxylic acid groups (broad SMARTS) is 1. The van der Waals surface area contributed by atoms with E-state index in [0.29, 0.717) is 12.0 Å². The highest BCUT2D eigenvalue weighted by atomic mass is 16.4. The number of hydrogen-bond donors (Lipinski definition) is 7. The molecule has 0 saturated carbocycles. The predicted molar refractivity (Wildman–Crippen MR) is 129 cm³/mol. The van der Waals surface area contributed by atoms with Gasteiger partial charge in [-0.25, -0.2) is 4.79 Å². The number of aliphatic carboxylic acids is 1. The van der Waals surface area contributed by atoms with E-state index in [9.17, 15) is 33.9 Å². The minimum absolute atomic E-state index is 0.0623. The third-order valence-corrected chi connectivity index (χ3v) is 5.04. The molecule has 0 fully saturated rings. The predicted octanol–water partition coefficient (Wildman–Crippen LogP) is -2.11. The molecule has 0 radical (unpaired) electrons. The Morgan fingerprint density at radius 2 is 1.22 bits per heavy atom. The van der Waals surface area contributed by atoms with Gasteiger partial charge in [0.05, 0.1) is 18.9 Å². The van der Waals surface area contributed by atoms with E-state index in [4.69, 9.17) is 17.2 Å². The highest BCUT2D eigenvalue weighted by molar-refractivity contribution is 5.97. The summed E-state index contributed by atoms with van der Waals surface area (Å²) in [7, 11) is 0. The van der Waals surface area contributed by atoms with Crippen molar-refractivity contribution in [3.05, 3.63) is 35.9 Å². The van der Waals surface area contributed by atoms with Crippen molar-refractivity contribution in [2.45, 2.75) is 63.7 Å². The first kappa shape index (κ1) is 30.0. The number of hydrogen-bond acceptors (Lipinski definition) is 7. The average molecular weight is 507 g/mol. The monoisotopic (exact) mass is 506 g/mol. The largest absolute Gasteiger partial charge is 0.480 e. The Bertz CT molecular complexity index is 954. The minimum atomic E-state index is -1.58. The fraction of sp³-hybridized carbons (Fsp3) is 0.478. The second kappa shape index (κ2) is 14.4. The van der Waals surface area contributed by atoms with Gasteiger partial charge in [-0.15, -0.1) is 0 Å². The number of nitrogens with one attached hydrogen (secondary N) is 3. The van der Waals surface area contributed by atoms with Gasteiger partial charge in [-0.3, -0.25) is 24.0 Å². The highest BCUT2D eigenvalue weighted by Crippen LogP contribution is 2.06. The van der Waals surface area contributed by atoms with Crippen molar-refractivity contribution in [1.82, 2.24) is 16.0 Å². The van der Waals surface area contributed by atoms with E-state index in [2.05, 4.69) is 16.0 Å². The Morgan fingerprint density at radius 3 is 1.64 bits per heavy atom. The molecule has 0 aliphatic rings. The third kappa shape index (κ3) is 11.0. The van der Waals surface area contributed by atoms with Crippen LogP contribution in [0.15, 0.2) is 30.3 Å². The molecule has 0 aliphatic heterocycles. The average Bonchev–Trinajstić information content (AvgIpc) is 2.77. The summed E-state index contributed by atoms with van der Waals surface area (Å²) >= 11 is 0. The van der Waals surface area contributed by atoms with Gasteiger partial charge in [0.2, 0.25) is 29.5 Å². The summed E-state index contributed by atoms with van der Waals surface area (Å²) in [6.45, 7) is 3.69. The van der Waals surface area contributed by atoms with Gasteiger partial charge in [0.1, 0.15) is 18.1 Å². The molecule has 36 heavy (non-hydrogen) atoms. The van der Waals surface area contributed by atoms with Crippen LogP contribution in [0.25, 0.3) is 0 Å². The molecule has 13 nitrogen and oxygen atoms in total. The van der Waals surface area contributed by atoms with Crippen LogP contribution < -0.4 is 33.2 Å². The van der Waals surface area contributed by atoms with Gasteiger partial charge in [0.25, 0.3) is 0 Å². The fourth-order valence-electron chi connectivity index (χ4n) is 3.31. The van der Waals surface area contributed by atoms with Crippen LogP contribution in [0, 0.1) is 5.92 Å². The molecule has 5 amide bonds. The lowest BCUT2D eigenvalue weighted by atomic mass is 10.0. The summed E-state index contributed by atoms with van der Waals surface area (Å²) in [6.07, 6.45) is -1.03. The molecular formula is C23H34N6O7. The van der Waals surface area contributed by atoms with Crippen LogP contribution in [0.5, 0.6) is 0 Å². The van der Waals surface area contributed by atoms with Crippen LogP contribution in [-0.2, 0) is 35.2 Å². The van der Waals surface area contributed by atoms with Crippen LogP contribution in [0.1, 0.15) is 38.7 Å². The van der Waals surface area contributed by atoms with E-state index in [1.165, 1.54) is 0 Å². The Balaban J connectivity index is 3.01. The molecule has 1 aromatic rings. The molecule has 0 aliphatic carbocycles. The first-order chi connectivity index (χ1) is 16.8. The van der Waals surface area contributed by atoms with Crippen molar-refractivity contribution < 1.29 is 33.9 Å². The molecule has 0 saturated heterocycles. The van der Waals surface area contributed by atoms with E-state index < -0.39 is 72.5 Å². The molecule has 0 spiro atoms. The first-order valence-electron chi connectivity index (χ1n) is 11.3. The zero-order valence-electron chi connectivity index (χ0n) is 20.2. The maximum Gasteiger partial charge on any atom is 0.326 e. The van der Waals surface area contributed by atoms with E-state index >= 15 is 0 Å². The number of amides is 5. The Hall–Kier alpha value is -4.00. The smallest absolute Gasteiger partial charge is 0.326 e. The summed E-state index contributed by atoms with van der Waals surface area (Å²) < 4.78 is 0. The third-order valence-electron chi connectivity index (χ3n) is 5.04. The van der Waals surface area contributed by atoms with Crippen molar-refractivity contribution in [2.24, 2.45) is 23.1 Å². The van der Waals surface area contributed by atoms with Gasteiger partial charge in [-0.1, -0.05) is 44.2 Å². The topological polar surface area (TPSA) is 237 Å². The molecule has 0 bridgehead atoms. The maximum absolute atomic E-state index is 12.8. The standard InChI is InChI=1S/C23H34N6O7/c1-12(2)8-14(24)20(32)27-15(10-18(25)30)21(33)28-16(11-19(26)31)22(34)29-17(23(35)36)9-13-6-4-3-5-7-13/h3-7,12,14-17H,8-11,24H2,1-2H3,(H2,25,30)(H2,26,31)(H,27,32)(H,28,33)(H,29,34)(H,35,36). The van der Waals surface area contributed by atoms with Gasteiger partial charge < -0.3 is 38.3 Å². The van der Waals surface area contributed by atoms with Crippen molar-refractivity contribution in [3.8, 4) is 0 Å². The van der Waals surface area contributed by atoms with Crippen LogP contribution in [0.3, 0.4) is 0 Å². The number of benzene rings is 1. The molecule has 0 heterocycles. The molecule has 0 aromatic heterocycles. The second-order valence-electron chi connectivity index (χ2n) is 8.79. The molecule has 10 N–H and O–H groups in total. The summed E-state index contributed by atoms with van der Waals surface area (Å²) in [5.41, 5.74) is 16.8. The Labute approximate surface area is 208 Å². The quantitative estimate of drug-likeness (QED) is 0.139. The van der Waals surface area contributed by atoms with Gasteiger partial charge in [-0.05, 0) is 17.9 Å². The number of carbonyl (C=O) groups excluding carboxylic acids is 5. The summed E-state index contributed by atoms with van der Waals surface area (Å²) in [5.74, 6) is -5.85.